The van der Waals surface area contributed by atoms with E-state index in [1.807, 2.05) is 27.7 Å². The molecule has 1 aromatic heterocycles. The Kier molecular flexibility index (Phi) is 9.75. The van der Waals surface area contributed by atoms with E-state index in [1.54, 1.807) is 0 Å². The van der Waals surface area contributed by atoms with Gasteiger partial charge in [0.2, 0.25) is 5.91 Å². The van der Waals surface area contributed by atoms with Crippen molar-refractivity contribution in [3.05, 3.63) is 16.1 Å². The zero-order chi connectivity index (χ0) is 19.7. The Morgan fingerprint density at radius 3 is 2.50 bits per heavy atom. The van der Waals surface area contributed by atoms with Gasteiger partial charge >= 0.3 is 5.97 Å². The van der Waals surface area contributed by atoms with Crippen molar-refractivity contribution in [3.8, 4) is 0 Å². The summed E-state index contributed by atoms with van der Waals surface area (Å²) in [5, 5.41) is 22.7. The number of carbonyl (C=O) groups is 2. The van der Waals surface area contributed by atoms with E-state index in [9.17, 15) is 14.7 Å². The number of thiazole rings is 1. The first-order chi connectivity index (χ1) is 12.3. The largest absolute Gasteiger partial charge is 0.476 e. The summed E-state index contributed by atoms with van der Waals surface area (Å²) in [7, 11) is 0. The summed E-state index contributed by atoms with van der Waals surface area (Å²) in [5.41, 5.74) is -0.0803. The fourth-order valence-electron chi connectivity index (χ4n) is 2.49. The molecule has 7 nitrogen and oxygen atoms in total. The van der Waals surface area contributed by atoms with Gasteiger partial charge < -0.3 is 10.2 Å². The molecule has 0 radical (unpaired) electrons. The molecule has 2 atom stereocenters. The Morgan fingerprint density at radius 2 is 2.00 bits per heavy atom. The van der Waals surface area contributed by atoms with Crippen molar-refractivity contribution < 1.29 is 24.6 Å². The molecule has 1 heterocycles. The second kappa shape index (κ2) is 11.3. The monoisotopic (exact) mass is 386 g/mol. The average Bonchev–Trinajstić information content (AvgIpc) is 3.09. The number of hydrogen-bond donors (Lipinski definition) is 2. The van der Waals surface area contributed by atoms with E-state index in [4.69, 9.17) is 9.94 Å². The molecule has 1 amide bonds. The van der Waals surface area contributed by atoms with Crippen molar-refractivity contribution in [2.24, 2.45) is 5.92 Å². The van der Waals surface area contributed by atoms with Crippen LogP contribution >= 0.6 is 11.3 Å². The quantitative estimate of drug-likeness (QED) is 0.532. The van der Waals surface area contributed by atoms with Crippen molar-refractivity contribution in [2.45, 2.75) is 71.9 Å². The molecule has 0 saturated carbocycles. The molecule has 0 fully saturated rings. The van der Waals surface area contributed by atoms with Crippen LogP contribution in [0.25, 0.3) is 0 Å². The molecule has 148 valence electrons. The van der Waals surface area contributed by atoms with Gasteiger partial charge in [0, 0.05) is 18.2 Å². The van der Waals surface area contributed by atoms with E-state index in [0.29, 0.717) is 18.0 Å². The second-order valence-corrected chi connectivity index (χ2v) is 7.48. The highest BCUT2D eigenvalue weighted by Crippen LogP contribution is 2.28. The number of rotatable bonds is 12. The number of carbonyl (C=O) groups excluding carboxylic acids is 1. The third-order valence-electron chi connectivity index (χ3n) is 3.99. The van der Waals surface area contributed by atoms with Crippen molar-refractivity contribution in [2.75, 3.05) is 6.61 Å². The molecule has 1 rings (SSSR count). The first-order valence-electron chi connectivity index (χ1n) is 9.13. The number of aliphatic hydroxyl groups excluding tert-OH is 1. The molecule has 2 unspecified atom stereocenters. The van der Waals surface area contributed by atoms with Crippen molar-refractivity contribution in [1.82, 2.24) is 10.0 Å². The summed E-state index contributed by atoms with van der Waals surface area (Å²) in [6.07, 6.45) is 2.17. The van der Waals surface area contributed by atoms with Crippen LogP contribution in [-0.2, 0) is 9.63 Å². The number of aromatic carboxylic acids is 1. The maximum atomic E-state index is 12.6. The van der Waals surface area contributed by atoms with Crippen LogP contribution in [0.3, 0.4) is 0 Å². The zero-order valence-corrected chi connectivity index (χ0v) is 16.8. The number of aliphatic hydroxyl groups is 1. The maximum absolute atomic E-state index is 12.6. The molecule has 1 aromatic rings. The summed E-state index contributed by atoms with van der Waals surface area (Å²) >= 11 is 1.11. The van der Waals surface area contributed by atoms with Crippen LogP contribution in [-0.4, -0.2) is 44.8 Å². The summed E-state index contributed by atoms with van der Waals surface area (Å²) < 4.78 is 0. The standard InChI is InChI=1S/C18H30N2O5S/c1-5-7-8-16(22)20(25-9-6-2)14(12(3)4)10-15(21)17-19-13(11-26-17)18(23)24/h11-12,14-15,21H,5-10H2,1-4H3,(H,23,24). The minimum Gasteiger partial charge on any atom is -0.476 e. The van der Waals surface area contributed by atoms with E-state index in [0.717, 1.165) is 30.6 Å². The van der Waals surface area contributed by atoms with Crippen LogP contribution in [0.15, 0.2) is 5.38 Å². The first-order valence-corrected chi connectivity index (χ1v) is 10.0. The number of unbranched alkanes of at least 4 members (excludes halogenated alkanes) is 1. The minimum absolute atomic E-state index is 0.0611. The number of amides is 1. The third kappa shape index (κ3) is 6.66. The molecular weight excluding hydrogens is 356 g/mol. The maximum Gasteiger partial charge on any atom is 0.355 e. The number of hydroxylamine groups is 2. The van der Waals surface area contributed by atoms with E-state index in [1.165, 1.54) is 10.4 Å². The number of carboxylic acids is 1. The van der Waals surface area contributed by atoms with Gasteiger partial charge in [-0.1, -0.05) is 34.1 Å². The molecular formula is C18H30N2O5S. The van der Waals surface area contributed by atoms with Crippen molar-refractivity contribution in [3.63, 3.8) is 0 Å². The Balaban J connectivity index is 2.92. The summed E-state index contributed by atoms with van der Waals surface area (Å²) in [6.45, 7) is 8.36. The minimum atomic E-state index is -1.12. The van der Waals surface area contributed by atoms with Crippen LogP contribution in [0.5, 0.6) is 0 Å². The van der Waals surface area contributed by atoms with Gasteiger partial charge in [0.1, 0.15) is 11.1 Å². The lowest BCUT2D eigenvalue weighted by atomic mass is 9.97. The molecule has 2 N–H and O–H groups in total. The number of nitrogens with zero attached hydrogens (tertiary/aromatic N) is 2. The number of aromatic nitrogens is 1. The predicted octanol–water partition coefficient (Wildman–Crippen LogP) is 3.65. The van der Waals surface area contributed by atoms with Crippen LogP contribution in [0.4, 0.5) is 0 Å². The Bertz CT molecular complexity index is 576. The van der Waals surface area contributed by atoms with Crippen molar-refractivity contribution >= 4 is 23.2 Å². The Hall–Kier alpha value is -1.51. The van der Waals surface area contributed by atoms with Crippen LogP contribution in [0, 0.1) is 5.92 Å². The van der Waals surface area contributed by atoms with Gasteiger partial charge in [0.25, 0.3) is 0 Å². The molecule has 0 aliphatic heterocycles. The topological polar surface area (TPSA) is 100.0 Å². The zero-order valence-electron chi connectivity index (χ0n) is 16.0. The fourth-order valence-corrected chi connectivity index (χ4v) is 3.28. The highest BCUT2D eigenvalue weighted by Gasteiger charge is 2.31. The normalized spacial score (nSPS) is 13.6. The average molecular weight is 387 g/mol. The lowest BCUT2D eigenvalue weighted by Crippen LogP contribution is -2.44. The van der Waals surface area contributed by atoms with Crippen LogP contribution in [0.1, 0.15) is 81.4 Å². The molecule has 0 spiro atoms. The SMILES string of the molecule is CCCCC(=O)N(OCCC)C(CC(O)c1nc(C(=O)O)cs1)C(C)C. The van der Waals surface area contributed by atoms with Gasteiger partial charge in [0.05, 0.1) is 12.6 Å². The van der Waals surface area contributed by atoms with E-state index < -0.39 is 12.1 Å². The lowest BCUT2D eigenvalue weighted by molar-refractivity contribution is -0.209. The van der Waals surface area contributed by atoms with E-state index in [-0.39, 0.29) is 30.0 Å². The van der Waals surface area contributed by atoms with Gasteiger partial charge in [-0.15, -0.1) is 11.3 Å². The molecule has 0 saturated heterocycles. The molecule has 0 bridgehead atoms. The van der Waals surface area contributed by atoms with Crippen molar-refractivity contribution in [1.29, 1.82) is 0 Å². The van der Waals surface area contributed by atoms with Gasteiger partial charge in [-0.3, -0.25) is 9.63 Å². The lowest BCUT2D eigenvalue weighted by Gasteiger charge is -2.34. The van der Waals surface area contributed by atoms with Crippen LogP contribution < -0.4 is 0 Å². The number of carboxylic acid groups (broad SMARTS) is 1. The Labute approximate surface area is 159 Å². The second-order valence-electron chi connectivity index (χ2n) is 6.60. The van der Waals surface area contributed by atoms with Gasteiger partial charge in [-0.25, -0.2) is 14.8 Å². The molecule has 0 aliphatic rings. The first kappa shape index (κ1) is 22.5. The highest BCUT2D eigenvalue weighted by atomic mass is 32.1. The van der Waals surface area contributed by atoms with Gasteiger partial charge in [-0.2, -0.15) is 0 Å². The highest BCUT2D eigenvalue weighted by molar-refractivity contribution is 7.09. The smallest absolute Gasteiger partial charge is 0.355 e. The van der Waals surface area contributed by atoms with Gasteiger partial charge in [-0.05, 0) is 18.8 Å². The molecule has 0 aliphatic carbocycles. The number of hydrogen-bond acceptors (Lipinski definition) is 6. The van der Waals surface area contributed by atoms with Gasteiger partial charge in [0.15, 0.2) is 5.69 Å². The third-order valence-corrected chi connectivity index (χ3v) is 4.93. The molecule has 26 heavy (non-hydrogen) atoms. The molecule has 0 aromatic carbocycles. The summed E-state index contributed by atoms with van der Waals surface area (Å²) in [6, 6.07) is -0.321. The Morgan fingerprint density at radius 1 is 1.31 bits per heavy atom. The molecule has 8 heteroatoms. The fraction of sp³-hybridized carbons (Fsp3) is 0.722. The summed E-state index contributed by atoms with van der Waals surface area (Å²) in [5.74, 6) is -1.15. The van der Waals surface area contributed by atoms with E-state index >= 15 is 0 Å². The summed E-state index contributed by atoms with van der Waals surface area (Å²) in [4.78, 5) is 33.2. The van der Waals surface area contributed by atoms with Crippen LogP contribution in [0.2, 0.25) is 0 Å². The predicted molar refractivity (Wildman–Crippen MR) is 99.9 cm³/mol. The van der Waals surface area contributed by atoms with E-state index in [2.05, 4.69) is 4.98 Å².